The van der Waals surface area contributed by atoms with Crippen LogP contribution in [0.2, 0.25) is 0 Å². The zero-order chi connectivity index (χ0) is 9.03. The maximum Gasteiger partial charge on any atom is 0.0594 e. The third-order valence-electron chi connectivity index (χ3n) is 1.78. The maximum atomic E-state index is 5.28. The highest BCUT2D eigenvalue weighted by Crippen LogP contribution is 2.23. The molecule has 0 bridgehead atoms. The Morgan fingerprint density at radius 2 is 1.83 bits per heavy atom. The Balaban J connectivity index is 2.13. The van der Waals surface area contributed by atoms with Crippen LogP contribution >= 0.6 is 11.8 Å². The lowest BCUT2D eigenvalue weighted by atomic mass is 10.3. The predicted molar refractivity (Wildman–Crippen MR) is 54.6 cm³/mol. The molecule has 1 aliphatic heterocycles. The summed E-state index contributed by atoms with van der Waals surface area (Å²) in [5, 5.41) is 0. The van der Waals surface area contributed by atoms with Crippen molar-refractivity contribution >= 4 is 11.8 Å². The minimum Gasteiger partial charge on any atom is -0.379 e. The summed E-state index contributed by atoms with van der Waals surface area (Å²) in [7, 11) is 0. The van der Waals surface area contributed by atoms with E-state index in [1.165, 1.54) is 0 Å². The second-order valence-corrected chi connectivity index (χ2v) is 5.89. The lowest BCUT2D eigenvalue weighted by molar-refractivity contribution is 0.0472. The topological polar surface area (TPSA) is 12.5 Å². The largest absolute Gasteiger partial charge is 0.379 e. The average molecular weight is 189 g/mol. The van der Waals surface area contributed by atoms with Crippen molar-refractivity contribution in [3.63, 3.8) is 0 Å². The number of hydrogen-bond donors (Lipinski definition) is 0. The smallest absolute Gasteiger partial charge is 0.0594 e. The summed E-state index contributed by atoms with van der Waals surface area (Å²) in [6, 6.07) is 0. The van der Waals surface area contributed by atoms with E-state index in [0.29, 0.717) is 4.75 Å². The van der Waals surface area contributed by atoms with Crippen LogP contribution in [0.4, 0.5) is 0 Å². The molecule has 0 atom stereocenters. The molecule has 1 aliphatic rings. The number of nitrogens with zero attached hydrogens (tertiary/aromatic N) is 1. The molecule has 0 aliphatic carbocycles. The molecule has 0 N–H and O–H groups in total. The Morgan fingerprint density at radius 1 is 1.25 bits per heavy atom. The third-order valence-corrected chi connectivity index (χ3v) is 3.14. The minimum atomic E-state index is 0.387. The van der Waals surface area contributed by atoms with Crippen LogP contribution in [0.3, 0.4) is 0 Å². The number of hydrogen-bond acceptors (Lipinski definition) is 3. The molecule has 0 aromatic heterocycles. The van der Waals surface area contributed by atoms with E-state index in [-0.39, 0.29) is 0 Å². The highest BCUT2D eigenvalue weighted by molar-refractivity contribution is 8.00. The van der Waals surface area contributed by atoms with E-state index < -0.39 is 0 Å². The van der Waals surface area contributed by atoms with Gasteiger partial charge in [0.1, 0.15) is 0 Å². The third kappa shape index (κ3) is 4.33. The molecule has 0 radical (unpaired) electrons. The van der Waals surface area contributed by atoms with Crippen molar-refractivity contribution < 1.29 is 4.74 Å². The molecule has 1 saturated heterocycles. The van der Waals surface area contributed by atoms with Crippen molar-refractivity contribution in [1.82, 2.24) is 4.90 Å². The minimum absolute atomic E-state index is 0.387. The zero-order valence-electron chi connectivity index (χ0n) is 8.30. The van der Waals surface area contributed by atoms with Gasteiger partial charge in [0, 0.05) is 23.7 Å². The van der Waals surface area contributed by atoms with Gasteiger partial charge in [0.2, 0.25) is 0 Å². The first kappa shape index (κ1) is 10.4. The van der Waals surface area contributed by atoms with Crippen LogP contribution in [0.1, 0.15) is 20.8 Å². The van der Waals surface area contributed by atoms with Gasteiger partial charge in [-0.2, -0.15) is 0 Å². The molecule has 1 fully saturated rings. The Morgan fingerprint density at radius 3 is 2.33 bits per heavy atom. The molecule has 0 amide bonds. The highest BCUT2D eigenvalue weighted by atomic mass is 32.2. The first-order valence-corrected chi connectivity index (χ1v) is 5.50. The number of morpholine rings is 1. The molecule has 1 rings (SSSR count). The van der Waals surface area contributed by atoms with Gasteiger partial charge in [-0.25, -0.2) is 0 Å². The molecule has 72 valence electrons. The molecule has 0 aromatic carbocycles. The fourth-order valence-electron chi connectivity index (χ4n) is 1.02. The monoisotopic (exact) mass is 189 g/mol. The van der Waals surface area contributed by atoms with Gasteiger partial charge >= 0.3 is 0 Å². The van der Waals surface area contributed by atoms with Crippen LogP contribution in [-0.2, 0) is 4.74 Å². The van der Waals surface area contributed by atoms with Crippen molar-refractivity contribution in [2.75, 3.05) is 32.2 Å². The van der Waals surface area contributed by atoms with Gasteiger partial charge in [-0.15, -0.1) is 11.8 Å². The molecule has 1 heterocycles. The molecule has 12 heavy (non-hydrogen) atoms. The van der Waals surface area contributed by atoms with Crippen molar-refractivity contribution in [3.8, 4) is 0 Å². The van der Waals surface area contributed by atoms with E-state index >= 15 is 0 Å². The molecular weight excluding hydrogens is 170 g/mol. The second-order valence-electron chi connectivity index (χ2n) is 4.12. The van der Waals surface area contributed by atoms with E-state index in [2.05, 4.69) is 25.7 Å². The van der Waals surface area contributed by atoms with Crippen LogP contribution in [-0.4, -0.2) is 41.8 Å². The quantitative estimate of drug-likeness (QED) is 0.657. The molecule has 3 heteroatoms. The standard InChI is InChI=1S/C9H19NOS/c1-9(2,3)12-8-10-4-6-11-7-5-10/h4-8H2,1-3H3. The normalized spacial score (nSPS) is 21.2. The van der Waals surface area contributed by atoms with Crippen LogP contribution in [0.25, 0.3) is 0 Å². The van der Waals surface area contributed by atoms with Gasteiger partial charge in [0.25, 0.3) is 0 Å². The van der Waals surface area contributed by atoms with E-state index in [9.17, 15) is 0 Å². The van der Waals surface area contributed by atoms with E-state index in [4.69, 9.17) is 4.74 Å². The lowest BCUT2D eigenvalue weighted by Gasteiger charge is -2.29. The van der Waals surface area contributed by atoms with Crippen LogP contribution < -0.4 is 0 Å². The van der Waals surface area contributed by atoms with Gasteiger partial charge in [0.15, 0.2) is 0 Å². The van der Waals surface area contributed by atoms with Gasteiger partial charge in [-0.3, -0.25) is 4.90 Å². The SMILES string of the molecule is CC(C)(C)SCN1CCOCC1. The second kappa shape index (κ2) is 4.49. The Labute approximate surface area is 79.6 Å². The summed E-state index contributed by atoms with van der Waals surface area (Å²) in [6.45, 7) is 10.8. The summed E-state index contributed by atoms with van der Waals surface area (Å²) in [5.41, 5.74) is 0. The lowest BCUT2D eigenvalue weighted by Crippen LogP contribution is -2.36. The van der Waals surface area contributed by atoms with Crippen molar-refractivity contribution in [1.29, 1.82) is 0 Å². The van der Waals surface area contributed by atoms with Crippen molar-refractivity contribution in [3.05, 3.63) is 0 Å². The van der Waals surface area contributed by atoms with Gasteiger partial charge < -0.3 is 4.74 Å². The summed E-state index contributed by atoms with van der Waals surface area (Å²) in [4.78, 5) is 2.46. The van der Waals surface area contributed by atoms with E-state index in [0.717, 1.165) is 32.2 Å². The van der Waals surface area contributed by atoms with Gasteiger partial charge in [0.05, 0.1) is 13.2 Å². The Hall–Kier alpha value is 0.270. The molecule has 0 aromatic rings. The maximum absolute atomic E-state index is 5.28. The summed E-state index contributed by atoms with van der Waals surface area (Å²) >= 11 is 2.01. The summed E-state index contributed by atoms with van der Waals surface area (Å²) in [5.74, 6) is 1.15. The molecule has 0 saturated carbocycles. The molecule has 0 unspecified atom stereocenters. The first-order valence-electron chi connectivity index (χ1n) is 4.52. The van der Waals surface area contributed by atoms with Crippen molar-refractivity contribution in [2.24, 2.45) is 0 Å². The van der Waals surface area contributed by atoms with Crippen LogP contribution in [0, 0.1) is 0 Å². The highest BCUT2D eigenvalue weighted by Gasteiger charge is 2.15. The van der Waals surface area contributed by atoms with Crippen LogP contribution in [0.15, 0.2) is 0 Å². The molecule has 2 nitrogen and oxygen atoms in total. The summed E-state index contributed by atoms with van der Waals surface area (Å²) in [6.07, 6.45) is 0. The Bertz CT molecular complexity index is 127. The van der Waals surface area contributed by atoms with Crippen molar-refractivity contribution in [2.45, 2.75) is 25.5 Å². The van der Waals surface area contributed by atoms with E-state index in [1.54, 1.807) is 0 Å². The fraction of sp³-hybridized carbons (Fsp3) is 1.00. The average Bonchev–Trinajstić information content (AvgIpc) is 2.02. The first-order chi connectivity index (χ1) is 5.58. The fourth-order valence-corrected chi connectivity index (χ4v) is 1.84. The zero-order valence-corrected chi connectivity index (χ0v) is 9.12. The number of rotatable bonds is 2. The number of ether oxygens (including phenoxy) is 1. The van der Waals surface area contributed by atoms with Gasteiger partial charge in [-0.05, 0) is 0 Å². The summed E-state index contributed by atoms with van der Waals surface area (Å²) < 4.78 is 5.67. The van der Waals surface area contributed by atoms with Crippen LogP contribution in [0.5, 0.6) is 0 Å². The molecular formula is C9H19NOS. The molecule has 0 spiro atoms. The number of thioether (sulfide) groups is 1. The van der Waals surface area contributed by atoms with E-state index in [1.807, 2.05) is 11.8 Å². The Kier molecular flexibility index (Phi) is 3.87. The predicted octanol–water partition coefficient (Wildman–Crippen LogP) is 1.81. The van der Waals surface area contributed by atoms with Gasteiger partial charge in [-0.1, -0.05) is 20.8 Å².